The third-order valence-electron chi connectivity index (χ3n) is 3.24. The Morgan fingerprint density at radius 1 is 1.40 bits per heavy atom. The number of amides is 1. The van der Waals surface area contributed by atoms with E-state index in [0.29, 0.717) is 21.9 Å². The maximum Gasteiger partial charge on any atom is 0.239 e. The van der Waals surface area contributed by atoms with Gasteiger partial charge >= 0.3 is 0 Å². The molecule has 0 bridgehead atoms. The summed E-state index contributed by atoms with van der Waals surface area (Å²) >= 11 is 7.49. The Morgan fingerprint density at radius 3 is 2.95 bits per heavy atom. The van der Waals surface area contributed by atoms with E-state index in [4.69, 9.17) is 11.6 Å². The molecule has 1 aliphatic carbocycles. The summed E-state index contributed by atoms with van der Waals surface area (Å²) in [6, 6.07) is 7.45. The Hall–Kier alpha value is -1.33. The summed E-state index contributed by atoms with van der Waals surface area (Å²) in [6.45, 7) is 0.784. The molecule has 0 unspecified atom stereocenters. The molecule has 20 heavy (non-hydrogen) atoms. The molecule has 0 radical (unpaired) electrons. The molecule has 1 saturated carbocycles. The first-order chi connectivity index (χ1) is 9.74. The van der Waals surface area contributed by atoms with Gasteiger partial charge in [0.1, 0.15) is 0 Å². The lowest BCUT2D eigenvalue weighted by Gasteiger charge is -2.13. The fraction of sp³-hybridized carbons (Fsp3) is 0.357. The topological polar surface area (TPSA) is 45.0 Å². The van der Waals surface area contributed by atoms with E-state index < -0.39 is 0 Å². The van der Waals surface area contributed by atoms with Crippen LogP contribution < -0.4 is 0 Å². The Labute approximate surface area is 126 Å². The number of carbonyl (C=O) groups is 1. The van der Waals surface area contributed by atoms with Crippen LogP contribution in [0.4, 0.5) is 0 Å². The molecule has 2 aliphatic rings. The number of rotatable bonds is 4. The second-order valence-corrected chi connectivity index (χ2v) is 6.23. The maximum absolute atomic E-state index is 11.8. The molecule has 104 valence electrons. The highest BCUT2D eigenvalue weighted by molar-refractivity contribution is 8.15. The van der Waals surface area contributed by atoms with Crippen molar-refractivity contribution in [1.29, 1.82) is 0 Å². The molecule has 2 fully saturated rings. The van der Waals surface area contributed by atoms with E-state index in [1.807, 2.05) is 24.3 Å². The molecular weight excluding hydrogens is 294 g/mol. The summed E-state index contributed by atoms with van der Waals surface area (Å²) in [5.74, 6) is 1.25. The summed E-state index contributed by atoms with van der Waals surface area (Å²) in [4.78, 5) is 13.5. The molecule has 1 amide bonds. The largest absolute Gasteiger partial charge is 0.289 e. The van der Waals surface area contributed by atoms with Crippen LogP contribution in [-0.2, 0) is 4.79 Å². The van der Waals surface area contributed by atoms with Crippen molar-refractivity contribution in [1.82, 2.24) is 4.90 Å². The first-order valence-electron chi connectivity index (χ1n) is 6.53. The smallest absolute Gasteiger partial charge is 0.239 e. The molecule has 1 heterocycles. The molecule has 0 atom stereocenters. The minimum atomic E-state index is 0.133. The Balaban J connectivity index is 1.71. The third-order valence-corrected chi connectivity index (χ3v) is 4.54. The number of hydrogen-bond donors (Lipinski definition) is 0. The summed E-state index contributed by atoms with van der Waals surface area (Å²) in [6.07, 6.45) is 4.04. The Kier molecular flexibility index (Phi) is 4.08. The summed E-state index contributed by atoms with van der Waals surface area (Å²) in [5, 5.41) is 9.57. The van der Waals surface area contributed by atoms with Crippen LogP contribution in [0.1, 0.15) is 18.4 Å². The lowest BCUT2D eigenvalue weighted by Crippen LogP contribution is -2.31. The molecule has 1 aliphatic heterocycles. The van der Waals surface area contributed by atoms with Gasteiger partial charge in [-0.25, -0.2) is 0 Å². The second-order valence-electron chi connectivity index (χ2n) is 4.89. The molecule has 1 aromatic rings. The highest BCUT2D eigenvalue weighted by Crippen LogP contribution is 2.32. The number of thioether (sulfide) groups is 1. The van der Waals surface area contributed by atoms with E-state index in [9.17, 15) is 4.79 Å². The highest BCUT2D eigenvalue weighted by Gasteiger charge is 2.33. The predicted molar refractivity (Wildman–Crippen MR) is 83.4 cm³/mol. The van der Waals surface area contributed by atoms with Crippen molar-refractivity contribution in [3.8, 4) is 0 Å². The maximum atomic E-state index is 11.8. The van der Waals surface area contributed by atoms with Gasteiger partial charge in [-0.05, 0) is 24.8 Å². The van der Waals surface area contributed by atoms with Crippen LogP contribution in [0.2, 0.25) is 5.02 Å². The first-order valence-corrected chi connectivity index (χ1v) is 7.89. The molecule has 1 aromatic carbocycles. The van der Waals surface area contributed by atoms with Crippen LogP contribution in [-0.4, -0.2) is 34.5 Å². The van der Waals surface area contributed by atoms with Crippen molar-refractivity contribution in [3.05, 3.63) is 34.9 Å². The van der Waals surface area contributed by atoms with E-state index in [0.717, 1.165) is 12.1 Å². The number of amidine groups is 1. The van der Waals surface area contributed by atoms with E-state index in [-0.39, 0.29) is 5.91 Å². The summed E-state index contributed by atoms with van der Waals surface area (Å²) < 4.78 is 0. The quantitative estimate of drug-likeness (QED) is 0.634. The lowest BCUT2D eigenvalue weighted by molar-refractivity contribution is -0.124. The van der Waals surface area contributed by atoms with E-state index >= 15 is 0 Å². The van der Waals surface area contributed by atoms with Crippen LogP contribution in [0.3, 0.4) is 0 Å². The van der Waals surface area contributed by atoms with Crippen LogP contribution in [0, 0.1) is 5.92 Å². The fourth-order valence-corrected chi connectivity index (χ4v) is 2.96. The monoisotopic (exact) mass is 307 g/mol. The molecule has 0 N–H and O–H groups in total. The van der Waals surface area contributed by atoms with Crippen LogP contribution in [0.25, 0.3) is 0 Å². The van der Waals surface area contributed by atoms with Crippen molar-refractivity contribution in [2.45, 2.75) is 12.8 Å². The van der Waals surface area contributed by atoms with Gasteiger partial charge in [-0.1, -0.05) is 41.6 Å². The third kappa shape index (κ3) is 3.22. The van der Waals surface area contributed by atoms with Gasteiger partial charge in [-0.15, -0.1) is 5.10 Å². The van der Waals surface area contributed by atoms with Crippen LogP contribution in [0.15, 0.2) is 34.5 Å². The zero-order chi connectivity index (χ0) is 13.9. The molecule has 4 nitrogen and oxygen atoms in total. The minimum Gasteiger partial charge on any atom is -0.289 e. The Morgan fingerprint density at radius 2 is 2.20 bits per heavy atom. The van der Waals surface area contributed by atoms with Gasteiger partial charge in [-0.3, -0.25) is 9.69 Å². The molecule has 0 spiro atoms. The SMILES string of the molecule is O=C1CS/C(=N\N=C/c2ccccc2Cl)N1CC1CC1. The van der Waals surface area contributed by atoms with Crippen molar-refractivity contribution >= 4 is 40.7 Å². The highest BCUT2D eigenvalue weighted by atomic mass is 35.5. The number of halogens is 1. The zero-order valence-corrected chi connectivity index (χ0v) is 12.4. The number of carbonyl (C=O) groups excluding carboxylic acids is 1. The fourth-order valence-electron chi connectivity index (χ4n) is 1.93. The standard InChI is InChI=1S/C14H14ClN3OS/c15-12-4-2-1-3-11(12)7-16-17-14-18(8-10-5-6-10)13(19)9-20-14/h1-4,7,10H,5-6,8-9H2/b16-7-,17-14-. The van der Waals surface area contributed by atoms with E-state index in [2.05, 4.69) is 10.2 Å². The molecule has 1 saturated heterocycles. The van der Waals surface area contributed by atoms with Crippen LogP contribution >= 0.6 is 23.4 Å². The van der Waals surface area contributed by atoms with Crippen molar-refractivity contribution < 1.29 is 4.79 Å². The van der Waals surface area contributed by atoms with Gasteiger partial charge < -0.3 is 0 Å². The van der Waals surface area contributed by atoms with Gasteiger partial charge in [0.25, 0.3) is 0 Å². The molecule has 6 heteroatoms. The minimum absolute atomic E-state index is 0.133. The number of hydrogen-bond acceptors (Lipinski definition) is 4. The van der Waals surface area contributed by atoms with E-state index in [1.165, 1.54) is 24.6 Å². The molecule has 0 aromatic heterocycles. The van der Waals surface area contributed by atoms with Gasteiger partial charge in [0, 0.05) is 17.1 Å². The van der Waals surface area contributed by atoms with Gasteiger partial charge in [0.2, 0.25) is 5.91 Å². The normalized spacial score (nSPS) is 21.4. The molecule has 3 rings (SSSR count). The van der Waals surface area contributed by atoms with Crippen LogP contribution in [0.5, 0.6) is 0 Å². The number of benzene rings is 1. The first kappa shape index (κ1) is 13.6. The van der Waals surface area contributed by atoms with Gasteiger partial charge in [0.05, 0.1) is 12.0 Å². The summed E-state index contributed by atoms with van der Waals surface area (Å²) in [7, 11) is 0. The van der Waals surface area contributed by atoms with E-state index in [1.54, 1.807) is 11.1 Å². The van der Waals surface area contributed by atoms with Crippen molar-refractivity contribution in [2.24, 2.45) is 16.1 Å². The Bertz CT molecular complexity index is 584. The summed E-state index contributed by atoms with van der Waals surface area (Å²) in [5.41, 5.74) is 0.821. The zero-order valence-electron chi connectivity index (χ0n) is 10.8. The average Bonchev–Trinajstić information content (AvgIpc) is 3.20. The lowest BCUT2D eigenvalue weighted by atomic mass is 10.2. The van der Waals surface area contributed by atoms with Crippen molar-refractivity contribution in [3.63, 3.8) is 0 Å². The molecular formula is C14H14ClN3OS. The second kappa shape index (κ2) is 5.97. The predicted octanol–water partition coefficient (Wildman–Crippen LogP) is 3.02. The number of nitrogens with zero attached hydrogens (tertiary/aromatic N) is 3. The average molecular weight is 308 g/mol. The van der Waals surface area contributed by atoms with Crippen molar-refractivity contribution in [2.75, 3.05) is 12.3 Å². The van der Waals surface area contributed by atoms with Gasteiger partial charge in [0.15, 0.2) is 5.17 Å². The van der Waals surface area contributed by atoms with Gasteiger partial charge in [-0.2, -0.15) is 5.10 Å².